The third kappa shape index (κ3) is 3.64. The van der Waals surface area contributed by atoms with Crippen molar-refractivity contribution in [1.82, 2.24) is 14.9 Å². The third-order valence-corrected chi connectivity index (χ3v) is 4.10. The minimum Gasteiger partial charge on any atom is -0.487 e. The number of carbonyl (C=O) groups excluding carboxylic acids is 1. The van der Waals surface area contributed by atoms with Gasteiger partial charge in [0, 0.05) is 36.5 Å². The molecular weight excluding hydrogens is 306 g/mol. The van der Waals surface area contributed by atoms with Crippen LogP contribution < -0.4 is 10.3 Å². The molecule has 2 aromatic rings. The van der Waals surface area contributed by atoms with Crippen LogP contribution in [-0.4, -0.2) is 40.0 Å². The molecule has 0 aliphatic carbocycles. The molecular formula is C18H21N3O3. The van der Waals surface area contributed by atoms with Gasteiger partial charge in [0.25, 0.3) is 5.91 Å². The van der Waals surface area contributed by atoms with Gasteiger partial charge in [0.15, 0.2) is 0 Å². The summed E-state index contributed by atoms with van der Waals surface area (Å²) in [6, 6.07) is 6.80. The highest BCUT2D eigenvalue weighted by Crippen LogP contribution is 2.20. The van der Waals surface area contributed by atoms with Gasteiger partial charge in [-0.15, -0.1) is 0 Å². The van der Waals surface area contributed by atoms with Gasteiger partial charge in [0.2, 0.25) is 5.56 Å². The lowest BCUT2D eigenvalue weighted by molar-refractivity contribution is 0.0772. The lowest BCUT2D eigenvalue weighted by Crippen LogP contribution is -2.32. The Bertz CT molecular complexity index is 771. The smallest absolute Gasteiger partial charge is 0.254 e. The van der Waals surface area contributed by atoms with E-state index in [0.717, 1.165) is 12.1 Å². The second kappa shape index (κ2) is 6.86. The van der Waals surface area contributed by atoms with Crippen LogP contribution in [0.15, 0.2) is 41.5 Å². The molecule has 1 unspecified atom stereocenters. The molecule has 0 spiro atoms. The zero-order valence-corrected chi connectivity index (χ0v) is 13.9. The third-order valence-electron chi connectivity index (χ3n) is 4.10. The number of nitrogens with zero attached hydrogens (tertiary/aromatic N) is 2. The van der Waals surface area contributed by atoms with Crippen molar-refractivity contribution in [3.8, 4) is 5.75 Å². The fraction of sp³-hybridized carbons (Fsp3) is 0.389. The number of ether oxygens (including phenoxy) is 1. The van der Waals surface area contributed by atoms with E-state index in [9.17, 15) is 9.59 Å². The molecule has 1 saturated heterocycles. The highest BCUT2D eigenvalue weighted by atomic mass is 16.5. The summed E-state index contributed by atoms with van der Waals surface area (Å²) in [7, 11) is 0. The van der Waals surface area contributed by atoms with E-state index in [1.165, 1.54) is 6.07 Å². The summed E-state index contributed by atoms with van der Waals surface area (Å²) in [5, 5.41) is 0. The second-order valence-electron chi connectivity index (χ2n) is 6.31. The topological polar surface area (TPSA) is 75.3 Å². The van der Waals surface area contributed by atoms with E-state index in [0.29, 0.717) is 24.4 Å². The molecule has 3 heterocycles. The van der Waals surface area contributed by atoms with Crippen molar-refractivity contribution in [3.05, 3.63) is 58.3 Å². The first-order valence-corrected chi connectivity index (χ1v) is 8.13. The van der Waals surface area contributed by atoms with E-state index in [1.54, 1.807) is 23.4 Å². The second-order valence-corrected chi connectivity index (χ2v) is 6.31. The average Bonchev–Trinajstić information content (AvgIpc) is 3.03. The number of carbonyl (C=O) groups is 1. The summed E-state index contributed by atoms with van der Waals surface area (Å²) >= 11 is 0. The quantitative estimate of drug-likeness (QED) is 0.934. The van der Waals surface area contributed by atoms with Crippen molar-refractivity contribution >= 4 is 5.91 Å². The molecule has 0 saturated carbocycles. The van der Waals surface area contributed by atoms with Crippen LogP contribution in [0.2, 0.25) is 0 Å². The lowest BCUT2D eigenvalue weighted by Gasteiger charge is -2.18. The standard InChI is InChI=1S/C18H21N3O3/c1-12(2)16-8-13(9-17(22)20-16)18(23)21-7-5-15(11-21)24-14-4-3-6-19-10-14/h3-4,6,8-10,12,15H,5,7,11H2,1-2H3,(H,20,22). The normalized spacial score (nSPS) is 17.3. The van der Waals surface area contributed by atoms with Gasteiger partial charge < -0.3 is 14.6 Å². The van der Waals surface area contributed by atoms with Gasteiger partial charge in [-0.05, 0) is 24.1 Å². The number of rotatable bonds is 4. The number of likely N-dealkylation sites (tertiary alicyclic amines) is 1. The number of hydrogen-bond acceptors (Lipinski definition) is 4. The number of hydrogen-bond donors (Lipinski definition) is 1. The molecule has 126 valence electrons. The zero-order valence-electron chi connectivity index (χ0n) is 13.9. The molecule has 1 amide bonds. The van der Waals surface area contributed by atoms with Gasteiger partial charge in [-0.2, -0.15) is 0 Å². The molecule has 2 aromatic heterocycles. The van der Waals surface area contributed by atoms with E-state index in [-0.39, 0.29) is 23.5 Å². The molecule has 1 atom stereocenters. The van der Waals surface area contributed by atoms with Crippen molar-refractivity contribution in [2.45, 2.75) is 32.3 Å². The Morgan fingerprint density at radius 2 is 2.25 bits per heavy atom. The van der Waals surface area contributed by atoms with Crippen molar-refractivity contribution < 1.29 is 9.53 Å². The van der Waals surface area contributed by atoms with Gasteiger partial charge in [-0.1, -0.05) is 13.8 Å². The van der Waals surface area contributed by atoms with Crippen LogP contribution in [-0.2, 0) is 0 Å². The largest absolute Gasteiger partial charge is 0.487 e. The zero-order chi connectivity index (χ0) is 17.1. The van der Waals surface area contributed by atoms with Gasteiger partial charge in [0.05, 0.1) is 12.7 Å². The fourth-order valence-corrected chi connectivity index (χ4v) is 2.80. The predicted octanol–water partition coefficient (Wildman–Crippen LogP) is 2.19. The fourth-order valence-electron chi connectivity index (χ4n) is 2.80. The van der Waals surface area contributed by atoms with Gasteiger partial charge >= 0.3 is 0 Å². The number of aromatic amines is 1. The van der Waals surface area contributed by atoms with E-state index < -0.39 is 0 Å². The van der Waals surface area contributed by atoms with Crippen LogP contribution in [0.5, 0.6) is 5.75 Å². The van der Waals surface area contributed by atoms with Crippen LogP contribution in [0.3, 0.4) is 0 Å². The molecule has 24 heavy (non-hydrogen) atoms. The minimum atomic E-state index is -0.244. The molecule has 1 fully saturated rings. The Kier molecular flexibility index (Phi) is 4.64. The molecule has 1 aliphatic rings. The summed E-state index contributed by atoms with van der Waals surface area (Å²) in [4.78, 5) is 33.0. The van der Waals surface area contributed by atoms with Crippen LogP contribution >= 0.6 is 0 Å². The molecule has 1 aliphatic heterocycles. The Morgan fingerprint density at radius 1 is 1.42 bits per heavy atom. The van der Waals surface area contributed by atoms with E-state index >= 15 is 0 Å². The highest BCUT2D eigenvalue weighted by Gasteiger charge is 2.28. The summed E-state index contributed by atoms with van der Waals surface area (Å²) in [5.74, 6) is 0.737. The highest BCUT2D eigenvalue weighted by molar-refractivity contribution is 5.94. The molecule has 0 bridgehead atoms. The van der Waals surface area contributed by atoms with Crippen molar-refractivity contribution in [1.29, 1.82) is 0 Å². The molecule has 0 aromatic carbocycles. The van der Waals surface area contributed by atoms with Crippen LogP contribution in [0, 0.1) is 0 Å². The monoisotopic (exact) mass is 327 g/mol. The molecule has 0 radical (unpaired) electrons. The number of aromatic nitrogens is 2. The van der Waals surface area contributed by atoms with E-state index in [1.807, 2.05) is 26.0 Å². The Labute approximate surface area is 140 Å². The average molecular weight is 327 g/mol. The summed E-state index contributed by atoms with van der Waals surface area (Å²) in [6.45, 7) is 5.09. The lowest BCUT2D eigenvalue weighted by atomic mass is 10.1. The SMILES string of the molecule is CC(C)c1cc(C(=O)N2CCC(Oc3cccnc3)C2)cc(=O)[nH]1. The Hall–Kier alpha value is -2.63. The minimum absolute atomic E-state index is 0.0512. The van der Waals surface area contributed by atoms with Gasteiger partial charge in [0.1, 0.15) is 11.9 Å². The number of nitrogens with one attached hydrogen (secondary N) is 1. The van der Waals surface area contributed by atoms with E-state index in [2.05, 4.69) is 9.97 Å². The number of pyridine rings is 2. The summed E-state index contributed by atoms with van der Waals surface area (Å²) in [6.07, 6.45) is 4.07. The Balaban J connectivity index is 1.69. The number of amides is 1. The first-order valence-electron chi connectivity index (χ1n) is 8.13. The Morgan fingerprint density at radius 3 is 2.96 bits per heavy atom. The van der Waals surface area contributed by atoms with Crippen molar-refractivity contribution in [2.24, 2.45) is 0 Å². The summed E-state index contributed by atoms with van der Waals surface area (Å²) < 4.78 is 5.85. The first-order chi connectivity index (χ1) is 11.5. The summed E-state index contributed by atoms with van der Waals surface area (Å²) in [5.41, 5.74) is 0.963. The van der Waals surface area contributed by atoms with Gasteiger partial charge in [-0.25, -0.2) is 0 Å². The maximum absolute atomic E-state index is 12.7. The van der Waals surface area contributed by atoms with Crippen LogP contribution in [0.4, 0.5) is 0 Å². The molecule has 6 heteroatoms. The molecule has 3 rings (SSSR count). The maximum atomic E-state index is 12.7. The van der Waals surface area contributed by atoms with E-state index in [4.69, 9.17) is 4.74 Å². The maximum Gasteiger partial charge on any atom is 0.254 e. The molecule has 1 N–H and O–H groups in total. The van der Waals surface area contributed by atoms with Gasteiger partial charge in [-0.3, -0.25) is 14.6 Å². The van der Waals surface area contributed by atoms with Crippen molar-refractivity contribution in [3.63, 3.8) is 0 Å². The number of H-pyrrole nitrogens is 1. The first kappa shape index (κ1) is 16.2. The predicted molar refractivity (Wildman–Crippen MR) is 90.3 cm³/mol. The van der Waals surface area contributed by atoms with Crippen LogP contribution in [0.1, 0.15) is 42.2 Å². The van der Waals surface area contributed by atoms with Crippen LogP contribution in [0.25, 0.3) is 0 Å². The van der Waals surface area contributed by atoms with Crippen molar-refractivity contribution in [2.75, 3.05) is 13.1 Å². The molecule has 6 nitrogen and oxygen atoms in total.